The Hall–Kier alpha value is -4.12. The van der Waals surface area contributed by atoms with Gasteiger partial charge in [0.15, 0.2) is 10.8 Å². The number of carbonyl (C=O) groups excluding carboxylic acids is 4. The third-order valence-corrected chi connectivity index (χ3v) is 6.07. The zero-order valence-electron chi connectivity index (χ0n) is 17.9. The van der Waals surface area contributed by atoms with Crippen molar-refractivity contribution in [1.82, 2.24) is 10.3 Å². The molecule has 0 fully saturated rings. The van der Waals surface area contributed by atoms with Crippen molar-refractivity contribution in [3.05, 3.63) is 65.6 Å². The van der Waals surface area contributed by atoms with Crippen LogP contribution in [0.1, 0.15) is 33.7 Å². The average molecular weight is 482 g/mol. The highest BCUT2D eigenvalue weighted by molar-refractivity contribution is 7.19. The minimum atomic E-state index is -0.907. The fraction of sp³-hybridized carbons (Fsp3) is 0.174. The normalized spacial score (nSPS) is 14.9. The molecule has 3 N–H and O–H groups in total. The molecular weight excluding hydrogens is 463 g/mol. The number of fused-ring (bicyclic) bond motifs is 1. The summed E-state index contributed by atoms with van der Waals surface area (Å²) in [7, 11) is 1.19. The highest BCUT2D eigenvalue weighted by atomic mass is 32.1. The standard InChI is InChI=1S/C23H19FN4O5S/c1-33-22(32)18-19(12-5-4-6-13(24)11-12)34-23(28-18)27-17(29)10-9-16-21(31)25-15-8-3-2-7-14(15)20(30)26-16/h2-8,11,16H,9-10H2,1H3,(H,25,31)(H,26,30)(H,27,28,29)/t16-/m0/s1. The molecule has 2 heterocycles. The molecule has 0 radical (unpaired) electrons. The number of aromatic nitrogens is 1. The van der Waals surface area contributed by atoms with Crippen molar-refractivity contribution in [2.45, 2.75) is 18.9 Å². The van der Waals surface area contributed by atoms with Crippen LogP contribution in [0.25, 0.3) is 10.4 Å². The first-order valence-corrected chi connectivity index (χ1v) is 11.0. The second-order valence-corrected chi connectivity index (χ2v) is 8.35. The van der Waals surface area contributed by atoms with Gasteiger partial charge in [-0.2, -0.15) is 0 Å². The lowest BCUT2D eigenvalue weighted by Gasteiger charge is -2.13. The van der Waals surface area contributed by atoms with Crippen LogP contribution in [0.4, 0.5) is 15.2 Å². The molecule has 1 aromatic heterocycles. The number of esters is 1. The van der Waals surface area contributed by atoms with Crippen molar-refractivity contribution >= 4 is 45.8 Å². The summed E-state index contributed by atoms with van der Waals surface area (Å²) in [6.45, 7) is 0. The molecule has 11 heteroatoms. The molecule has 174 valence electrons. The van der Waals surface area contributed by atoms with Crippen LogP contribution in [-0.4, -0.2) is 41.8 Å². The molecule has 1 atom stereocenters. The van der Waals surface area contributed by atoms with Crippen molar-refractivity contribution in [2.24, 2.45) is 0 Å². The van der Waals surface area contributed by atoms with Gasteiger partial charge < -0.3 is 20.7 Å². The largest absolute Gasteiger partial charge is 0.464 e. The Kier molecular flexibility index (Phi) is 6.64. The van der Waals surface area contributed by atoms with E-state index >= 15 is 0 Å². The van der Waals surface area contributed by atoms with E-state index in [1.54, 1.807) is 30.3 Å². The van der Waals surface area contributed by atoms with E-state index in [4.69, 9.17) is 4.74 Å². The van der Waals surface area contributed by atoms with Crippen molar-refractivity contribution in [3.8, 4) is 10.4 Å². The van der Waals surface area contributed by atoms with Gasteiger partial charge in [-0.05, 0) is 36.2 Å². The molecule has 0 unspecified atom stereocenters. The van der Waals surface area contributed by atoms with Crippen molar-refractivity contribution in [1.29, 1.82) is 0 Å². The van der Waals surface area contributed by atoms with E-state index in [1.807, 2.05) is 0 Å². The number of hydrogen-bond acceptors (Lipinski definition) is 7. The van der Waals surface area contributed by atoms with E-state index in [1.165, 1.54) is 25.3 Å². The molecule has 34 heavy (non-hydrogen) atoms. The van der Waals surface area contributed by atoms with Gasteiger partial charge in [0.1, 0.15) is 11.9 Å². The van der Waals surface area contributed by atoms with Gasteiger partial charge in [-0.25, -0.2) is 14.2 Å². The van der Waals surface area contributed by atoms with Gasteiger partial charge in [0, 0.05) is 6.42 Å². The van der Waals surface area contributed by atoms with Crippen molar-refractivity contribution in [2.75, 3.05) is 17.7 Å². The van der Waals surface area contributed by atoms with Crippen LogP contribution in [0.3, 0.4) is 0 Å². The third kappa shape index (κ3) is 4.94. The Balaban J connectivity index is 1.45. The first-order valence-electron chi connectivity index (χ1n) is 10.2. The number of para-hydroxylation sites is 1. The first kappa shape index (κ1) is 23.1. The Morgan fingerprint density at radius 2 is 1.97 bits per heavy atom. The van der Waals surface area contributed by atoms with Crippen molar-refractivity contribution in [3.63, 3.8) is 0 Å². The van der Waals surface area contributed by atoms with Crippen molar-refractivity contribution < 1.29 is 28.3 Å². The summed E-state index contributed by atoms with van der Waals surface area (Å²) in [6.07, 6.45) is -0.0550. The molecule has 1 aliphatic heterocycles. The number of methoxy groups -OCH3 is 1. The molecule has 0 spiro atoms. The molecule has 0 saturated heterocycles. The van der Waals surface area contributed by atoms with E-state index in [-0.39, 0.29) is 23.7 Å². The summed E-state index contributed by atoms with van der Waals surface area (Å²) >= 11 is 0.991. The van der Waals surface area contributed by atoms with Gasteiger partial charge in [-0.1, -0.05) is 35.6 Å². The average Bonchev–Trinajstić information content (AvgIpc) is 3.19. The second kappa shape index (κ2) is 9.79. The molecule has 3 aromatic rings. The minimum absolute atomic E-state index is 0.0450. The number of nitrogens with zero attached hydrogens (tertiary/aromatic N) is 1. The maximum Gasteiger partial charge on any atom is 0.358 e. The summed E-state index contributed by atoms with van der Waals surface area (Å²) in [4.78, 5) is 54.0. The number of hydrogen-bond donors (Lipinski definition) is 3. The number of halogens is 1. The Morgan fingerprint density at radius 3 is 2.74 bits per heavy atom. The molecule has 9 nitrogen and oxygen atoms in total. The zero-order chi connectivity index (χ0) is 24.2. The second-order valence-electron chi connectivity index (χ2n) is 7.35. The van der Waals surface area contributed by atoms with Gasteiger partial charge in [0.25, 0.3) is 5.91 Å². The van der Waals surface area contributed by atoms with Gasteiger partial charge in [0.05, 0.1) is 23.2 Å². The number of thiazole rings is 1. The Morgan fingerprint density at radius 1 is 1.18 bits per heavy atom. The van der Waals surface area contributed by atoms with Crippen LogP contribution < -0.4 is 16.0 Å². The summed E-state index contributed by atoms with van der Waals surface area (Å²) < 4.78 is 18.4. The van der Waals surface area contributed by atoms with Gasteiger partial charge in [0.2, 0.25) is 11.8 Å². The smallest absolute Gasteiger partial charge is 0.358 e. The van der Waals surface area contributed by atoms with E-state index in [0.29, 0.717) is 21.7 Å². The molecular formula is C23H19FN4O5S. The molecule has 1 aliphatic rings. The van der Waals surface area contributed by atoms with Crippen LogP contribution in [0.2, 0.25) is 0 Å². The van der Waals surface area contributed by atoms with Crippen LogP contribution in [0.15, 0.2) is 48.5 Å². The van der Waals surface area contributed by atoms with Gasteiger partial charge in [-0.3, -0.25) is 14.4 Å². The fourth-order valence-electron chi connectivity index (χ4n) is 3.41. The molecule has 0 aliphatic carbocycles. The van der Waals surface area contributed by atoms with Crippen LogP contribution in [-0.2, 0) is 14.3 Å². The monoisotopic (exact) mass is 482 g/mol. The third-order valence-electron chi connectivity index (χ3n) is 5.05. The van der Waals surface area contributed by atoms with E-state index in [2.05, 4.69) is 20.9 Å². The number of ether oxygens (including phenoxy) is 1. The lowest BCUT2D eigenvalue weighted by Crippen LogP contribution is -2.41. The van der Waals surface area contributed by atoms with Crippen LogP contribution >= 0.6 is 11.3 Å². The predicted octanol–water partition coefficient (Wildman–Crippen LogP) is 3.21. The Labute approximate surface area is 197 Å². The summed E-state index contributed by atoms with van der Waals surface area (Å²) in [5, 5.41) is 8.01. The number of carbonyl (C=O) groups is 4. The number of anilines is 2. The zero-order valence-corrected chi connectivity index (χ0v) is 18.7. The maximum atomic E-state index is 13.7. The predicted molar refractivity (Wildman–Crippen MR) is 123 cm³/mol. The molecule has 2 aromatic carbocycles. The molecule has 0 bridgehead atoms. The fourth-order valence-corrected chi connectivity index (χ4v) is 4.37. The number of benzene rings is 2. The first-order chi connectivity index (χ1) is 16.4. The number of amides is 3. The Bertz CT molecular complexity index is 1290. The molecule has 4 rings (SSSR count). The molecule has 0 saturated carbocycles. The number of rotatable bonds is 6. The van der Waals surface area contributed by atoms with Gasteiger partial charge in [-0.15, -0.1) is 0 Å². The lowest BCUT2D eigenvalue weighted by molar-refractivity contribution is -0.118. The van der Waals surface area contributed by atoms with E-state index in [9.17, 15) is 23.6 Å². The SMILES string of the molecule is COC(=O)c1nc(NC(=O)CC[C@@H]2NC(=O)c3ccccc3NC2=O)sc1-c1cccc(F)c1. The summed E-state index contributed by atoms with van der Waals surface area (Å²) in [6, 6.07) is 11.3. The van der Waals surface area contributed by atoms with Crippen LogP contribution in [0, 0.1) is 5.82 Å². The maximum absolute atomic E-state index is 13.7. The minimum Gasteiger partial charge on any atom is -0.464 e. The lowest BCUT2D eigenvalue weighted by atomic mass is 10.1. The summed E-state index contributed by atoms with van der Waals surface area (Å²) in [5.41, 5.74) is 1.10. The van der Waals surface area contributed by atoms with E-state index in [0.717, 1.165) is 11.3 Å². The molecule has 3 amide bonds. The number of nitrogens with one attached hydrogen (secondary N) is 3. The highest BCUT2D eigenvalue weighted by Gasteiger charge is 2.28. The summed E-state index contributed by atoms with van der Waals surface area (Å²) in [5.74, 6) is -2.53. The van der Waals surface area contributed by atoms with Crippen LogP contribution in [0.5, 0.6) is 0 Å². The quantitative estimate of drug-likeness (QED) is 0.463. The van der Waals surface area contributed by atoms with E-state index < -0.39 is 35.5 Å². The highest BCUT2D eigenvalue weighted by Crippen LogP contribution is 2.34. The topological polar surface area (TPSA) is 126 Å². The van der Waals surface area contributed by atoms with Gasteiger partial charge >= 0.3 is 5.97 Å².